The highest BCUT2D eigenvalue weighted by Gasteiger charge is 2.69. The van der Waals surface area contributed by atoms with Crippen LogP contribution in [-0.4, -0.2) is 8.80 Å². The summed E-state index contributed by atoms with van der Waals surface area (Å²) in [5.74, 6) is 1.88. The normalized spacial score (nSPS) is 18.3. The highest BCUT2D eigenvalue weighted by molar-refractivity contribution is 6.17. The molecule has 5 heteroatoms. The van der Waals surface area contributed by atoms with Gasteiger partial charge in [-0.3, -0.25) is 0 Å². The fourth-order valence-electron chi connectivity index (χ4n) is 7.83. The van der Waals surface area contributed by atoms with Gasteiger partial charge in [-0.1, -0.05) is 0 Å². The van der Waals surface area contributed by atoms with Crippen molar-refractivity contribution in [2.45, 2.75) is 5.66 Å². The molecule has 0 amide bonds. The maximum absolute atomic E-state index is 6.75. The third-order valence-corrected chi connectivity index (χ3v) is 8.94. The van der Waals surface area contributed by atoms with Crippen LogP contribution >= 0.6 is 0 Å². The van der Waals surface area contributed by atoms with Crippen LogP contribution in [0.2, 0.25) is 0 Å². The molecule has 8 aromatic rings. The van der Waals surface area contributed by atoms with Gasteiger partial charge in [0.1, 0.15) is 17.0 Å². The van der Waals surface area contributed by atoms with E-state index < -0.39 is 5.66 Å². The molecule has 0 bridgehead atoms. The maximum atomic E-state index is 6.75. The predicted octanol–water partition coefficient (Wildman–Crippen LogP) is 5.41. The van der Waals surface area contributed by atoms with E-state index in [4.69, 9.17) is 4.74 Å². The van der Waals surface area contributed by atoms with Crippen LogP contribution in [0.3, 0.4) is 0 Å². The summed E-state index contributed by atoms with van der Waals surface area (Å²) < 4.78 is 16.4. The lowest BCUT2D eigenvalue weighted by molar-refractivity contribution is -0.945. The summed E-state index contributed by atoms with van der Waals surface area (Å²) in [6.07, 6.45) is 8.88. The molecule has 9 heterocycles. The fourth-order valence-corrected chi connectivity index (χ4v) is 7.83. The molecule has 0 N–H and O–H groups in total. The minimum absolute atomic E-state index is 0.537. The molecule has 6 aromatic heterocycles. The van der Waals surface area contributed by atoms with Gasteiger partial charge in [0.25, 0.3) is 0 Å². The van der Waals surface area contributed by atoms with Crippen LogP contribution in [0.15, 0.2) is 97.6 Å². The van der Waals surface area contributed by atoms with Crippen molar-refractivity contribution in [3.63, 3.8) is 0 Å². The van der Waals surface area contributed by atoms with Gasteiger partial charge in [0, 0.05) is 29.9 Å². The van der Waals surface area contributed by atoms with Gasteiger partial charge < -0.3 is 13.5 Å². The number of nitrogens with zero attached hydrogens (tertiary/aromatic N) is 4. The van der Waals surface area contributed by atoms with Gasteiger partial charge >= 0.3 is 5.66 Å². The number of hydrogen-bond donors (Lipinski definition) is 0. The highest BCUT2D eigenvalue weighted by atomic mass is 16.5. The Balaban J connectivity index is 1.52. The molecule has 3 aliphatic rings. The van der Waals surface area contributed by atoms with Crippen molar-refractivity contribution in [3.8, 4) is 11.5 Å². The Kier molecular flexibility index (Phi) is 2.27. The lowest BCUT2D eigenvalue weighted by Crippen LogP contribution is -2.72. The molecule has 0 aliphatic carbocycles. The van der Waals surface area contributed by atoms with Gasteiger partial charge in [-0.25, -0.2) is 0 Å². The van der Waals surface area contributed by atoms with E-state index in [1.54, 1.807) is 0 Å². The Morgan fingerprint density at radius 1 is 0.556 bits per heavy atom. The zero-order valence-electron chi connectivity index (χ0n) is 18.9. The van der Waals surface area contributed by atoms with Crippen LogP contribution in [0.4, 0.5) is 0 Å². The van der Waals surface area contributed by atoms with E-state index in [0.29, 0.717) is 0 Å². The average Bonchev–Trinajstić information content (AvgIpc) is 3.70. The Hall–Kier alpha value is -4.90. The molecule has 11 rings (SSSR count). The van der Waals surface area contributed by atoms with Gasteiger partial charge in [-0.05, 0) is 60.7 Å². The number of fused-ring (bicyclic) bond motifs is 6. The van der Waals surface area contributed by atoms with E-state index in [-0.39, 0.29) is 0 Å². The predicted molar refractivity (Wildman–Crippen MR) is 137 cm³/mol. The zero-order valence-corrected chi connectivity index (χ0v) is 18.9. The summed E-state index contributed by atoms with van der Waals surface area (Å²) in [5.41, 5.74) is 9.37. The first-order valence-electron chi connectivity index (χ1n) is 12.4. The zero-order chi connectivity index (χ0) is 22.9. The molecule has 0 fully saturated rings. The topological polar surface area (TPSA) is 25.8 Å². The summed E-state index contributed by atoms with van der Waals surface area (Å²) >= 11 is 0. The SMILES string of the molecule is c1cc2c3ccc[n+]4c3c3c5c(ccc3n2c1)Oc1ccc2c3c1C54[n+]1cccc(c31)n1cccc21. The molecule has 0 saturated heterocycles. The molecule has 3 aliphatic heterocycles. The molecule has 1 atom stereocenters. The molecule has 0 saturated carbocycles. The largest absolute Gasteiger partial charge is 0.456 e. The van der Waals surface area contributed by atoms with Crippen molar-refractivity contribution in [3.05, 3.63) is 109 Å². The quantitative estimate of drug-likeness (QED) is 0.220. The molecule has 2 aromatic carbocycles. The number of pyridine rings is 4. The molecule has 36 heavy (non-hydrogen) atoms. The van der Waals surface area contributed by atoms with Crippen LogP contribution in [0, 0.1) is 0 Å². The lowest BCUT2D eigenvalue weighted by atomic mass is 9.86. The monoisotopic (exact) mass is 460 g/mol. The third kappa shape index (κ3) is 1.38. The molecule has 5 nitrogen and oxygen atoms in total. The Bertz CT molecular complexity index is 2240. The summed E-state index contributed by atoms with van der Waals surface area (Å²) in [6.45, 7) is 0. The Labute approximate surface area is 203 Å². The van der Waals surface area contributed by atoms with Gasteiger partial charge in [-0.2, -0.15) is 0 Å². The van der Waals surface area contributed by atoms with Crippen molar-refractivity contribution in [1.82, 2.24) is 8.80 Å². The molecular formula is C31H16N4O+2. The van der Waals surface area contributed by atoms with Crippen molar-refractivity contribution < 1.29 is 13.9 Å². The molecule has 0 radical (unpaired) electrons. The minimum Gasteiger partial charge on any atom is -0.456 e. The van der Waals surface area contributed by atoms with Crippen LogP contribution in [-0.2, 0) is 5.66 Å². The number of hydrogen-bond acceptors (Lipinski definition) is 1. The van der Waals surface area contributed by atoms with E-state index in [1.807, 2.05) is 0 Å². The summed E-state index contributed by atoms with van der Waals surface area (Å²) in [7, 11) is 0. The van der Waals surface area contributed by atoms with E-state index in [1.165, 1.54) is 65.8 Å². The number of rotatable bonds is 0. The van der Waals surface area contributed by atoms with Crippen LogP contribution in [0.1, 0.15) is 11.1 Å². The highest BCUT2D eigenvalue weighted by Crippen LogP contribution is 2.57. The second-order valence-electron chi connectivity index (χ2n) is 10.2. The molecule has 1 spiro atoms. The van der Waals surface area contributed by atoms with Crippen molar-refractivity contribution >= 4 is 54.6 Å². The maximum Gasteiger partial charge on any atom is 0.425 e. The first-order chi connectivity index (χ1) is 17.9. The first kappa shape index (κ1) is 16.7. The second-order valence-corrected chi connectivity index (χ2v) is 10.2. The fraction of sp³-hybridized carbons (Fsp3) is 0.0323. The minimum atomic E-state index is -0.537. The van der Waals surface area contributed by atoms with Crippen LogP contribution in [0.25, 0.3) is 54.6 Å². The van der Waals surface area contributed by atoms with Crippen molar-refractivity contribution in [2.24, 2.45) is 0 Å². The van der Waals surface area contributed by atoms with Gasteiger partial charge in [0.15, 0.2) is 23.5 Å². The van der Waals surface area contributed by atoms with E-state index >= 15 is 0 Å². The van der Waals surface area contributed by atoms with Crippen LogP contribution in [0.5, 0.6) is 11.5 Å². The molecular weight excluding hydrogens is 444 g/mol. The summed E-state index contributed by atoms with van der Waals surface area (Å²) in [6, 6.07) is 26.4. The van der Waals surface area contributed by atoms with Gasteiger partial charge in [-0.15, -0.1) is 9.13 Å². The number of ether oxygens (including phenoxy) is 1. The summed E-state index contributed by atoms with van der Waals surface area (Å²) in [5, 5.41) is 5.09. The van der Waals surface area contributed by atoms with E-state index in [0.717, 1.165) is 11.5 Å². The third-order valence-electron chi connectivity index (χ3n) is 8.94. The first-order valence-corrected chi connectivity index (χ1v) is 12.4. The number of aromatic nitrogens is 4. The molecule has 164 valence electrons. The van der Waals surface area contributed by atoms with Gasteiger partial charge in [0.2, 0.25) is 11.0 Å². The van der Waals surface area contributed by atoms with E-state index in [9.17, 15) is 0 Å². The van der Waals surface area contributed by atoms with Crippen LogP contribution < -0.4 is 13.9 Å². The van der Waals surface area contributed by atoms with Crippen molar-refractivity contribution in [2.75, 3.05) is 0 Å². The Morgan fingerprint density at radius 2 is 1.22 bits per heavy atom. The van der Waals surface area contributed by atoms with Crippen molar-refractivity contribution in [1.29, 1.82) is 0 Å². The summed E-state index contributed by atoms with van der Waals surface area (Å²) in [4.78, 5) is 0. The van der Waals surface area contributed by atoms with Gasteiger partial charge in [0.05, 0.1) is 32.7 Å². The lowest BCUT2D eigenvalue weighted by Gasteiger charge is -2.26. The average molecular weight is 460 g/mol. The number of benzene rings is 2. The second kappa shape index (κ2) is 4.90. The standard InChI is InChI=1S/C31H16N4O/c1-5-18-20-7-3-13-32(20)21-10-12-24-28-26(21)29(18)34(15-1)31(28)27-23(36-24)11-9-17-19-6-2-14-33(19)22-8-4-16-35(31)30(22)25(17)27/h1-16H/q+2. The smallest absolute Gasteiger partial charge is 0.425 e. The Morgan fingerprint density at radius 3 is 2.08 bits per heavy atom. The molecule has 1 unspecified atom stereocenters. The van der Waals surface area contributed by atoms with E-state index in [2.05, 4.69) is 116 Å².